The number of nitrogens with one attached hydrogen (secondary N) is 2. The monoisotopic (exact) mass is 431 g/mol. The normalized spacial score (nSPS) is 11.9. The number of thiocarbonyl (C=S) groups is 1. The Morgan fingerprint density at radius 1 is 1.10 bits per heavy atom. The van der Waals surface area contributed by atoms with Gasteiger partial charge in [-0.1, -0.05) is 42.5 Å². The number of benzene rings is 2. The molecule has 2 aromatic carbocycles. The number of H-pyrrole nitrogens is 1. The van der Waals surface area contributed by atoms with E-state index < -0.39 is 0 Å². The SMILES string of the molecule is Cc1ccc2cc(CN(Cc3ccco3)C(=S)N[C@H](C)c3ccccc3)c(=O)[nH]c2c1. The molecule has 0 bridgehead atoms. The maximum absolute atomic E-state index is 12.8. The van der Waals surface area contributed by atoms with Crippen LogP contribution in [-0.2, 0) is 13.1 Å². The van der Waals surface area contributed by atoms with Crippen LogP contribution in [0, 0.1) is 6.92 Å². The average Bonchev–Trinajstić information content (AvgIpc) is 3.27. The molecule has 4 rings (SSSR count). The van der Waals surface area contributed by atoms with E-state index in [4.69, 9.17) is 16.6 Å². The second-order valence-corrected chi connectivity index (χ2v) is 8.12. The smallest absolute Gasteiger partial charge is 0.253 e. The molecular formula is C25H25N3O2S. The van der Waals surface area contributed by atoms with E-state index in [9.17, 15) is 4.79 Å². The van der Waals surface area contributed by atoms with Crippen molar-refractivity contribution < 1.29 is 4.42 Å². The van der Waals surface area contributed by atoms with Crippen LogP contribution in [0.15, 0.2) is 82.2 Å². The first-order chi connectivity index (χ1) is 15.0. The fourth-order valence-corrected chi connectivity index (χ4v) is 3.88. The Balaban J connectivity index is 1.60. The molecule has 0 spiro atoms. The number of nitrogens with zero attached hydrogens (tertiary/aromatic N) is 1. The van der Waals surface area contributed by atoms with Gasteiger partial charge < -0.3 is 19.6 Å². The van der Waals surface area contributed by atoms with Gasteiger partial charge in [0.25, 0.3) is 5.56 Å². The van der Waals surface area contributed by atoms with E-state index >= 15 is 0 Å². The molecule has 6 heteroatoms. The van der Waals surface area contributed by atoms with Crippen LogP contribution in [0.25, 0.3) is 10.9 Å². The minimum atomic E-state index is -0.110. The largest absolute Gasteiger partial charge is 0.467 e. The molecule has 0 saturated heterocycles. The third kappa shape index (κ3) is 5.03. The summed E-state index contributed by atoms with van der Waals surface area (Å²) in [7, 11) is 0. The van der Waals surface area contributed by atoms with Crippen molar-refractivity contribution in [3.63, 3.8) is 0 Å². The summed E-state index contributed by atoms with van der Waals surface area (Å²) in [5.74, 6) is 0.782. The van der Waals surface area contributed by atoms with E-state index in [0.29, 0.717) is 23.8 Å². The zero-order valence-electron chi connectivity index (χ0n) is 17.6. The highest BCUT2D eigenvalue weighted by atomic mass is 32.1. The number of hydrogen-bond acceptors (Lipinski definition) is 3. The lowest BCUT2D eigenvalue weighted by Crippen LogP contribution is -2.41. The molecule has 2 aromatic heterocycles. The van der Waals surface area contributed by atoms with Gasteiger partial charge in [0.15, 0.2) is 5.11 Å². The molecule has 0 saturated carbocycles. The molecule has 0 aliphatic carbocycles. The number of pyridine rings is 1. The molecule has 4 aromatic rings. The van der Waals surface area contributed by atoms with E-state index in [1.165, 1.54) is 0 Å². The van der Waals surface area contributed by atoms with Gasteiger partial charge in [-0.05, 0) is 66.8 Å². The van der Waals surface area contributed by atoms with Gasteiger partial charge in [-0.15, -0.1) is 0 Å². The molecule has 31 heavy (non-hydrogen) atoms. The Bertz CT molecular complexity index is 1230. The van der Waals surface area contributed by atoms with Crippen LogP contribution in [0.3, 0.4) is 0 Å². The van der Waals surface area contributed by atoms with Crippen molar-refractivity contribution in [3.8, 4) is 0 Å². The number of rotatable bonds is 6. The van der Waals surface area contributed by atoms with E-state index in [1.807, 2.05) is 66.4 Å². The Hall–Kier alpha value is -3.38. The summed E-state index contributed by atoms with van der Waals surface area (Å²) >= 11 is 5.74. The van der Waals surface area contributed by atoms with Gasteiger partial charge in [-0.25, -0.2) is 0 Å². The molecule has 0 fully saturated rings. The van der Waals surface area contributed by atoms with Gasteiger partial charge in [-0.3, -0.25) is 4.79 Å². The summed E-state index contributed by atoms with van der Waals surface area (Å²) < 4.78 is 5.54. The number of furan rings is 1. The minimum absolute atomic E-state index is 0.0330. The fraction of sp³-hybridized carbons (Fsp3) is 0.200. The zero-order chi connectivity index (χ0) is 21.8. The third-order valence-electron chi connectivity index (χ3n) is 5.29. The van der Waals surface area contributed by atoms with Crippen LogP contribution < -0.4 is 10.9 Å². The molecule has 158 valence electrons. The lowest BCUT2D eigenvalue weighted by molar-refractivity contribution is 0.347. The minimum Gasteiger partial charge on any atom is -0.467 e. The first kappa shape index (κ1) is 20.9. The van der Waals surface area contributed by atoms with Crippen molar-refractivity contribution in [2.24, 2.45) is 0 Å². The lowest BCUT2D eigenvalue weighted by Gasteiger charge is -2.27. The summed E-state index contributed by atoms with van der Waals surface area (Å²) in [5.41, 5.74) is 3.63. The first-order valence-corrected chi connectivity index (χ1v) is 10.7. The number of fused-ring (bicyclic) bond motifs is 1. The third-order valence-corrected chi connectivity index (χ3v) is 5.67. The number of aryl methyl sites for hydroxylation is 1. The average molecular weight is 432 g/mol. The second kappa shape index (κ2) is 9.18. The summed E-state index contributed by atoms with van der Waals surface area (Å²) in [5, 5.41) is 4.96. The van der Waals surface area contributed by atoms with E-state index in [-0.39, 0.29) is 11.6 Å². The topological polar surface area (TPSA) is 61.3 Å². The molecule has 0 amide bonds. The standard InChI is InChI=1S/C25H25N3O2S/c1-17-10-11-20-14-21(24(29)27-23(20)13-17)15-28(16-22-9-6-12-30-22)25(31)26-18(2)19-7-4-3-5-8-19/h3-14,18H,15-16H2,1-2H3,(H,26,31)(H,27,29)/t18-/m1/s1. The van der Waals surface area contributed by atoms with Crippen molar-refractivity contribution >= 4 is 28.2 Å². The lowest BCUT2D eigenvalue weighted by atomic mass is 10.1. The van der Waals surface area contributed by atoms with Gasteiger partial charge in [0.05, 0.1) is 25.4 Å². The van der Waals surface area contributed by atoms with Crippen LogP contribution in [-0.4, -0.2) is 15.0 Å². The first-order valence-electron chi connectivity index (χ1n) is 10.2. The highest BCUT2D eigenvalue weighted by Crippen LogP contribution is 2.17. The molecule has 2 heterocycles. The van der Waals surface area contributed by atoms with Gasteiger partial charge in [0, 0.05) is 11.1 Å². The summed E-state index contributed by atoms with van der Waals surface area (Å²) in [6.45, 7) is 4.91. The van der Waals surface area contributed by atoms with Crippen molar-refractivity contribution in [2.45, 2.75) is 33.0 Å². The van der Waals surface area contributed by atoms with Crippen molar-refractivity contribution in [1.29, 1.82) is 0 Å². The quantitative estimate of drug-likeness (QED) is 0.418. The molecule has 0 unspecified atom stereocenters. The predicted molar refractivity (Wildman–Crippen MR) is 128 cm³/mol. The molecule has 2 N–H and O–H groups in total. The maximum atomic E-state index is 12.8. The summed E-state index contributed by atoms with van der Waals surface area (Å²) in [6, 6.07) is 21.9. The van der Waals surface area contributed by atoms with Gasteiger partial charge in [-0.2, -0.15) is 0 Å². The zero-order valence-corrected chi connectivity index (χ0v) is 18.4. The van der Waals surface area contributed by atoms with Crippen LogP contribution in [0.1, 0.15) is 35.4 Å². The molecule has 5 nitrogen and oxygen atoms in total. The van der Waals surface area contributed by atoms with Crippen molar-refractivity contribution in [3.05, 3.63) is 106 Å². The fourth-order valence-electron chi connectivity index (χ4n) is 3.57. The highest BCUT2D eigenvalue weighted by Gasteiger charge is 2.17. The number of aromatic amines is 1. The molecule has 0 radical (unpaired) electrons. The Morgan fingerprint density at radius 2 is 1.90 bits per heavy atom. The van der Waals surface area contributed by atoms with Crippen LogP contribution in [0.4, 0.5) is 0 Å². The Morgan fingerprint density at radius 3 is 2.65 bits per heavy atom. The number of hydrogen-bond donors (Lipinski definition) is 2. The predicted octanol–water partition coefficient (Wildman–Crippen LogP) is 5.07. The van der Waals surface area contributed by atoms with Crippen LogP contribution in [0.5, 0.6) is 0 Å². The molecule has 0 aliphatic rings. The molecule has 0 aliphatic heterocycles. The molecular weight excluding hydrogens is 406 g/mol. The Kier molecular flexibility index (Phi) is 6.18. The van der Waals surface area contributed by atoms with Crippen molar-refractivity contribution in [2.75, 3.05) is 0 Å². The highest BCUT2D eigenvalue weighted by molar-refractivity contribution is 7.80. The summed E-state index contributed by atoms with van der Waals surface area (Å²) in [6.07, 6.45) is 1.64. The van der Waals surface area contributed by atoms with Crippen LogP contribution in [0.2, 0.25) is 0 Å². The van der Waals surface area contributed by atoms with Crippen LogP contribution >= 0.6 is 12.2 Å². The van der Waals surface area contributed by atoms with E-state index in [1.54, 1.807) is 6.26 Å². The number of aromatic nitrogens is 1. The summed E-state index contributed by atoms with van der Waals surface area (Å²) in [4.78, 5) is 17.7. The maximum Gasteiger partial charge on any atom is 0.253 e. The molecule has 1 atom stereocenters. The van der Waals surface area contributed by atoms with Gasteiger partial charge in [0.1, 0.15) is 5.76 Å². The second-order valence-electron chi connectivity index (χ2n) is 7.73. The van der Waals surface area contributed by atoms with Gasteiger partial charge >= 0.3 is 0 Å². The van der Waals surface area contributed by atoms with Gasteiger partial charge in [0.2, 0.25) is 0 Å². The van der Waals surface area contributed by atoms with Crippen molar-refractivity contribution in [1.82, 2.24) is 15.2 Å². The Labute approximate surface area is 186 Å². The van der Waals surface area contributed by atoms with E-state index in [0.717, 1.165) is 27.8 Å². The van der Waals surface area contributed by atoms with E-state index in [2.05, 4.69) is 29.4 Å².